The van der Waals surface area contributed by atoms with E-state index in [2.05, 4.69) is 0 Å². The molecule has 5 nitrogen and oxygen atoms in total. The maximum absolute atomic E-state index is 11.7. The summed E-state index contributed by atoms with van der Waals surface area (Å²) in [4.78, 5) is 13.3. The smallest absolute Gasteiger partial charge is 0.410 e. The van der Waals surface area contributed by atoms with Gasteiger partial charge in [-0.2, -0.15) is 0 Å². The summed E-state index contributed by atoms with van der Waals surface area (Å²) in [7, 11) is 0. The lowest BCUT2D eigenvalue weighted by Crippen LogP contribution is -2.59. The van der Waals surface area contributed by atoms with Gasteiger partial charge in [-0.15, -0.1) is 0 Å². The van der Waals surface area contributed by atoms with Crippen LogP contribution in [0.1, 0.15) is 33.6 Å². The second-order valence-corrected chi connectivity index (χ2v) is 5.78. The zero-order chi connectivity index (χ0) is 13.1. The molecule has 0 aromatic heterocycles. The van der Waals surface area contributed by atoms with Gasteiger partial charge >= 0.3 is 6.09 Å². The van der Waals surface area contributed by atoms with Gasteiger partial charge in [0.1, 0.15) is 5.60 Å². The van der Waals surface area contributed by atoms with Gasteiger partial charge in [0.2, 0.25) is 0 Å². The van der Waals surface area contributed by atoms with Gasteiger partial charge in [0.15, 0.2) is 0 Å². The SMILES string of the molecule is CC(C)(C)OC(=O)N1CC(CCO)(CCO)C1. The lowest BCUT2D eigenvalue weighted by atomic mass is 9.74. The first-order valence-electron chi connectivity index (χ1n) is 6.02. The van der Waals surface area contributed by atoms with E-state index < -0.39 is 5.60 Å². The Bertz CT molecular complexity index is 258. The van der Waals surface area contributed by atoms with Gasteiger partial charge in [0.25, 0.3) is 0 Å². The molecule has 0 radical (unpaired) electrons. The average Bonchev–Trinajstić information content (AvgIpc) is 2.10. The maximum atomic E-state index is 11.7. The fraction of sp³-hybridized carbons (Fsp3) is 0.917. The van der Waals surface area contributed by atoms with Crippen molar-refractivity contribution in [2.75, 3.05) is 26.3 Å². The van der Waals surface area contributed by atoms with Crippen LogP contribution in [-0.4, -0.2) is 53.1 Å². The summed E-state index contributed by atoms with van der Waals surface area (Å²) in [6.07, 6.45) is 0.920. The van der Waals surface area contributed by atoms with Crippen LogP contribution in [0.4, 0.5) is 4.79 Å². The molecule has 5 heteroatoms. The molecule has 1 amide bonds. The van der Waals surface area contributed by atoms with E-state index in [9.17, 15) is 4.79 Å². The first-order chi connectivity index (χ1) is 7.82. The zero-order valence-corrected chi connectivity index (χ0v) is 10.9. The highest BCUT2D eigenvalue weighted by molar-refractivity contribution is 5.69. The molecule has 1 aliphatic rings. The van der Waals surface area contributed by atoms with E-state index in [-0.39, 0.29) is 24.7 Å². The highest BCUT2D eigenvalue weighted by atomic mass is 16.6. The van der Waals surface area contributed by atoms with E-state index in [4.69, 9.17) is 14.9 Å². The summed E-state index contributed by atoms with van der Waals surface area (Å²) in [6.45, 7) is 6.79. The Balaban J connectivity index is 2.45. The van der Waals surface area contributed by atoms with Crippen molar-refractivity contribution >= 4 is 6.09 Å². The minimum Gasteiger partial charge on any atom is -0.444 e. The van der Waals surface area contributed by atoms with E-state index in [1.807, 2.05) is 20.8 Å². The third kappa shape index (κ3) is 3.85. The van der Waals surface area contributed by atoms with Crippen molar-refractivity contribution in [3.8, 4) is 0 Å². The number of likely N-dealkylation sites (tertiary alicyclic amines) is 1. The fourth-order valence-electron chi connectivity index (χ4n) is 2.13. The number of hydrogen-bond acceptors (Lipinski definition) is 4. The molecule has 0 spiro atoms. The van der Waals surface area contributed by atoms with Crippen molar-refractivity contribution in [2.24, 2.45) is 5.41 Å². The maximum Gasteiger partial charge on any atom is 0.410 e. The van der Waals surface area contributed by atoms with Gasteiger partial charge in [-0.05, 0) is 33.6 Å². The molecule has 0 aromatic rings. The summed E-state index contributed by atoms with van der Waals surface area (Å²) in [5.74, 6) is 0. The summed E-state index contributed by atoms with van der Waals surface area (Å²) in [6, 6.07) is 0. The number of hydrogen-bond donors (Lipinski definition) is 2. The molecular formula is C12H23NO4. The van der Waals surface area contributed by atoms with E-state index in [0.29, 0.717) is 25.9 Å². The quantitative estimate of drug-likeness (QED) is 0.775. The molecule has 0 bridgehead atoms. The van der Waals surface area contributed by atoms with Crippen LogP contribution in [0.3, 0.4) is 0 Å². The summed E-state index contributed by atoms with van der Waals surface area (Å²) < 4.78 is 5.25. The second kappa shape index (κ2) is 5.23. The van der Waals surface area contributed by atoms with Crippen LogP contribution in [0.25, 0.3) is 0 Å². The largest absolute Gasteiger partial charge is 0.444 e. The lowest BCUT2D eigenvalue weighted by molar-refractivity contribution is -0.0516. The molecule has 0 unspecified atom stereocenters. The van der Waals surface area contributed by atoms with Gasteiger partial charge in [0.05, 0.1) is 0 Å². The Morgan fingerprint density at radius 3 is 2.06 bits per heavy atom. The number of ether oxygens (including phenoxy) is 1. The average molecular weight is 245 g/mol. The number of carbonyl (C=O) groups is 1. The Hall–Kier alpha value is -0.810. The van der Waals surface area contributed by atoms with Crippen LogP contribution >= 0.6 is 0 Å². The van der Waals surface area contributed by atoms with Crippen LogP contribution in [0.2, 0.25) is 0 Å². The minimum absolute atomic E-state index is 0.0855. The molecule has 1 heterocycles. The Morgan fingerprint density at radius 2 is 1.71 bits per heavy atom. The van der Waals surface area contributed by atoms with Crippen molar-refractivity contribution in [3.63, 3.8) is 0 Å². The summed E-state index contributed by atoms with van der Waals surface area (Å²) in [5.41, 5.74) is -0.607. The number of amides is 1. The highest BCUT2D eigenvalue weighted by Gasteiger charge is 2.45. The van der Waals surface area contributed by atoms with Crippen molar-refractivity contribution in [2.45, 2.75) is 39.2 Å². The predicted octanol–water partition coefficient (Wildman–Crippen LogP) is 0.988. The zero-order valence-electron chi connectivity index (χ0n) is 10.9. The highest BCUT2D eigenvalue weighted by Crippen LogP contribution is 2.37. The van der Waals surface area contributed by atoms with E-state index >= 15 is 0 Å². The molecule has 100 valence electrons. The molecule has 17 heavy (non-hydrogen) atoms. The summed E-state index contributed by atoms with van der Waals surface area (Å²) in [5, 5.41) is 18.0. The van der Waals surface area contributed by atoms with Gasteiger partial charge in [-0.25, -0.2) is 4.79 Å². The van der Waals surface area contributed by atoms with Crippen LogP contribution in [0.5, 0.6) is 0 Å². The predicted molar refractivity (Wildman–Crippen MR) is 63.6 cm³/mol. The molecule has 0 atom stereocenters. The lowest BCUT2D eigenvalue weighted by Gasteiger charge is -2.49. The van der Waals surface area contributed by atoms with Crippen LogP contribution in [0.15, 0.2) is 0 Å². The molecule has 1 rings (SSSR count). The molecule has 1 aliphatic heterocycles. The van der Waals surface area contributed by atoms with Crippen molar-refractivity contribution in [1.82, 2.24) is 4.90 Å². The first-order valence-corrected chi connectivity index (χ1v) is 6.02. The number of carbonyl (C=O) groups excluding carboxylic acids is 1. The third-order valence-electron chi connectivity index (χ3n) is 2.99. The van der Waals surface area contributed by atoms with Crippen LogP contribution in [-0.2, 0) is 4.74 Å². The fourth-order valence-corrected chi connectivity index (χ4v) is 2.13. The molecule has 0 aliphatic carbocycles. The molecule has 1 saturated heterocycles. The minimum atomic E-state index is -0.483. The normalized spacial score (nSPS) is 18.8. The number of aliphatic hydroxyl groups is 2. The van der Waals surface area contributed by atoms with Crippen LogP contribution in [0, 0.1) is 5.41 Å². The van der Waals surface area contributed by atoms with Gasteiger partial charge in [-0.1, -0.05) is 0 Å². The molecule has 1 fully saturated rings. The van der Waals surface area contributed by atoms with Crippen molar-refractivity contribution in [1.29, 1.82) is 0 Å². The standard InChI is InChI=1S/C12H23NO4/c1-11(2,3)17-10(16)13-8-12(9-13,4-6-14)5-7-15/h14-15H,4-9H2,1-3H3. The Labute approximate surface area is 102 Å². The molecule has 0 aromatic carbocycles. The van der Waals surface area contributed by atoms with E-state index in [1.165, 1.54) is 0 Å². The van der Waals surface area contributed by atoms with Crippen LogP contribution < -0.4 is 0 Å². The molecule has 0 saturated carbocycles. The van der Waals surface area contributed by atoms with E-state index in [1.54, 1.807) is 4.90 Å². The number of rotatable bonds is 4. The summed E-state index contributed by atoms with van der Waals surface area (Å²) >= 11 is 0. The van der Waals surface area contributed by atoms with Crippen molar-refractivity contribution in [3.05, 3.63) is 0 Å². The molecular weight excluding hydrogens is 222 g/mol. The van der Waals surface area contributed by atoms with Gasteiger partial charge in [0, 0.05) is 31.7 Å². The Morgan fingerprint density at radius 1 is 1.24 bits per heavy atom. The number of nitrogens with zero attached hydrogens (tertiary/aromatic N) is 1. The third-order valence-corrected chi connectivity index (χ3v) is 2.99. The Kier molecular flexibility index (Phi) is 4.38. The second-order valence-electron chi connectivity index (χ2n) is 5.78. The first kappa shape index (κ1) is 14.3. The topological polar surface area (TPSA) is 70.0 Å². The number of aliphatic hydroxyl groups excluding tert-OH is 2. The molecule has 2 N–H and O–H groups in total. The van der Waals surface area contributed by atoms with Gasteiger partial charge in [-0.3, -0.25) is 0 Å². The van der Waals surface area contributed by atoms with Gasteiger partial charge < -0.3 is 19.8 Å². The van der Waals surface area contributed by atoms with E-state index in [0.717, 1.165) is 0 Å². The monoisotopic (exact) mass is 245 g/mol. The van der Waals surface area contributed by atoms with Crippen molar-refractivity contribution < 1.29 is 19.7 Å².